The first-order valence-corrected chi connectivity index (χ1v) is 9.55. The summed E-state index contributed by atoms with van der Waals surface area (Å²) < 4.78 is 4.34. The molecule has 26 heavy (non-hydrogen) atoms. The van der Waals surface area contributed by atoms with Crippen molar-refractivity contribution in [3.05, 3.63) is 65.7 Å². The molecular formula is C21H21N4S+. The fraction of sp³-hybridized carbons (Fsp3) is 0.190. The largest absolute Gasteiger partial charge is 0.408 e. The number of azo groups is 1. The van der Waals surface area contributed by atoms with Crippen molar-refractivity contribution in [3.8, 4) is 11.3 Å². The molecule has 4 aromatic rings. The molecule has 5 heteroatoms. The number of rotatable bonds is 4. The lowest BCUT2D eigenvalue weighted by Gasteiger charge is -2.08. The molecule has 0 aliphatic carbocycles. The second-order valence-corrected chi connectivity index (χ2v) is 7.47. The SMILES string of the molecule is CCn1c(-c2ccccc2)c(N=Nc2sc(C)c[n+]2C)c2ccccc21. The summed E-state index contributed by atoms with van der Waals surface area (Å²) in [4.78, 5) is 1.22. The van der Waals surface area contributed by atoms with E-state index < -0.39 is 0 Å². The summed E-state index contributed by atoms with van der Waals surface area (Å²) in [6, 6.07) is 18.9. The Morgan fingerprint density at radius 2 is 1.73 bits per heavy atom. The minimum absolute atomic E-state index is 0.881. The maximum Gasteiger partial charge on any atom is 0.408 e. The molecule has 0 saturated heterocycles. The second-order valence-electron chi connectivity index (χ2n) is 6.26. The van der Waals surface area contributed by atoms with Crippen molar-refractivity contribution >= 4 is 33.1 Å². The Balaban J connectivity index is 1.97. The molecule has 0 atom stereocenters. The van der Waals surface area contributed by atoms with Gasteiger partial charge >= 0.3 is 5.13 Å². The maximum absolute atomic E-state index is 4.72. The lowest BCUT2D eigenvalue weighted by Crippen LogP contribution is -2.23. The van der Waals surface area contributed by atoms with Crippen LogP contribution in [0.25, 0.3) is 22.2 Å². The van der Waals surface area contributed by atoms with Gasteiger partial charge in [-0.25, -0.2) is 4.57 Å². The molecule has 0 aliphatic heterocycles. The summed E-state index contributed by atoms with van der Waals surface area (Å²) in [5.41, 5.74) is 4.40. The van der Waals surface area contributed by atoms with Gasteiger partial charge in [0.25, 0.3) is 0 Å². The zero-order valence-electron chi connectivity index (χ0n) is 15.2. The third kappa shape index (κ3) is 2.84. The minimum Gasteiger partial charge on any atom is -0.339 e. The molecule has 2 heterocycles. The molecule has 0 saturated carbocycles. The van der Waals surface area contributed by atoms with Gasteiger partial charge in [0.05, 0.1) is 23.4 Å². The molecule has 0 radical (unpaired) electrons. The Labute approximate surface area is 157 Å². The van der Waals surface area contributed by atoms with Crippen LogP contribution in [0, 0.1) is 6.92 Å². The lowest BCUT2D eigenvalue weighted by molar-refractivity contribution is -0.654. The third-order valence-electron chi connectivity index (χ3n) is 4.47. The van der Waals surface area contributed by atoms with Crippen LogP contribution in [-0.2, 0) is 13.6 Å². The number of nitrogens with zero attached hydrogens (tertiary/aromatic N) is 4. The number of benzene rings is 2. The van der Waals surface area contributed by atoms with E-state index in [1.807, 2.05) is 17.7 Å². The Hall–Kier alpha value is -2.79. The fourth-order valence-electron chi connectivity index (χ4n) is 3.36. The molecule has 0 fully saturated rings. The van der Waals surface area contributed by atoms with Gasteiger partial charge in [-0.2, -0.15) is 0 Å². The molecule has 4 rings (SSSR count). The molecule has 0 N–H and O–H groups in total. The molecule has 2 aromatic carbocycles. The van der Waals surface area contributed by atoms with Crippen molar-refractivity contribution in [2.45, 2.75) is 20.4 Å². The molecule has 0 unspecified atom stereocenters. The van der Waals surface area contributed by atoms with Crippen LogP contribution in [0.4, 0.5) is 10.8 Å². The molecule has 0 bridgehead atoms. The van der Waals surface area contributed by atoms with Crippen LogP contribution in [-0.4, -0.2) is 4.57 Å². The Kier molecular flexibility index (Phi) is 4.39. The molecule has 0 amide bonds. The summed E-state index contributed by atoms with van der Waals surface area (Å²) in [5, 5.41) is 11.3. The van der Waals surface area contributed by atoms with E-state index >= 15 is 0 Å². The van der Waals surface area contributed by atoms with Crippen LogP contribution < -0.4 is 4.57 Å². The van der Waals surface area contributed by atoms with E-state index in [4.69, 9.17) is 5.11 Å². The van der Waals surface area contributed by atoms with Gasteiger partial charge in [0.2, 0.25) is 0 Å². The van der Waals surface area contributed by atoms with E-state index in [0.717, 1.165) is 34.0 Å². The van der Waals surface area contributed by atoms with E-state index in [2.05, 4.69) is 78.3 Å². The average molecular weight is 361 g/mol. The standard InChI is InChI=1S/C21H21N4S/c1-4-25-18-13-9-8-12-17(18)19(20(25)16-10-6-5-7-11-16)22-23-21-24(3)14-15(2)26-21/h5-14H,4H2,1-3H3/q+1. The number of hydrogen-bond acceptors (Lipinski definition) is 3. The Morgan fingerprint density at radius 3 is 2.42 bits per heavy atom. The first kappa shape index (κ1) is 16.7. The lowest BCUT2D eigenvalue weighted by atomic mass is 10.1. The third-order valence-corrected chi connectivity index (χ3v) is 5.45. The summed E-state index contributed by atoms with van der Waals surface area (Å²) in [6.45, 7) is 5.14. The van der Waals surface area contributed by atoms with Gasteiger partial charge in [-0.3, -0.25) is 0 Å². The molecular weight excluding hydrogens is 340 g/mol. The van der Waals surface area contributed by atoms with E-state index in [-0.39, 0.29) is 0 Å². The number of aryl methyl sites for hydroxylation is 3. The summed E-state index contributed by atoms with van der Waals surface area (Å²) >= 11 is 1.65. The Bertz CT molecular complexity index is 1090. The van der Waals surface area contributed by atoms with Gasteiger partial charge in [-0.1, -0.05) is 48.5 Å². The highest BCUT2D eigenvalue weighted by Crippen LogP contribution is 2.41. The highest BCUT2D eigenvalue weighted by atomic mass is 32.1. The first-order chi connectivity index (χ1) is 12.7. The predicted molar refractivity (Wildman–Crippen MR) is 107 cm³/mol. The Morgan fingerprint density at radius 1 is 1.00 bits per heavy atom. The monoisotopic (exact) mass is 361 g/mol. The predicted octanol–water partition coefficient (Wildman–Crippen LogP) is 5.94. The molecule has 2 aromatic heterocycles. The van der Waals surface area contributed by atoms with Crippen LogP contribution in [0.1, 0.15) is 11.8 Å². The minimum atomic E-state index is 0.881. The first-order valence-electron chi connectivity index (χ1n) is 8.73. The van der Waals surface area contributed by atoms with E-state index in [9.17, 15) is 0 Å². The zero-order chi connectivity index (χ0) is 18.1. The highest BCUT2D eigenvalue weighted by Gasteiger charge is 2.20. The quantitative estimate of drug-likeness (QED) is 0.318. The van der Waals surface area contributed by atoms with E-state index in [0.29, 0.717) is 0 Å². The van der Waals surface area contributed by atoms with E-state index in [1.165, 1.54) is 10.4 Å². The van der Waals surface area contributed by atoms with Crippen molar-refractivity contribution < 1.29 is 4.57 Å². The normalized spacial score (nSPS) is 11.7. The van der Waals surface area contributed by atoms with Crippen molar-refractivity contribution in [2.24, 2.45) is 17.3 Å². The summed E-state index contributed by atoms with van der Waals surface area (Å²) in [6.07, 6.45) is 2.08. The van der Waals surface area contributed by atoms with Crippen LogP contribution >= 0.6 is 11.3 Å². The van der Waals surface area contributed by atoms with Crippen LogP contribution in [0.2, 0.25) is 0 Å². The van der Waals surface area contributed by atoms with Crippen molar-refractivity contribution in [3.63, 3.8) is 0 Å². The number of fused-ring (bicyclic) bond motifs is 1. The average Bonchev–Trinajstić information content (AvgIpc) is 3.16. The van der Waals surface area contributed by atoms with E-state index in [1.54, 1.807) is 11.3 Å². The smallest absolute Gasteiger partial charge is 0.339 e. The molecule has 0 aliphatic rings. The van der Waals surface area contributed by atoms with Crippen LogP contribution in [0.5, 0.6) is 0 Å². The number of para-hydroxylation sites is 1. The van der Waals surface area contributed by atoms with Gasteiger partial charge in [0.15, 0.2) is 0 Å². The van der Waals surface area contributed by atoms with Crippen LogP contribution in [0.15, 0.2) is 71.0 Å². The second kappa shape index (κ2) is 6.84. The number of thiazole rings is 1. The van der Waals surface area contributed by atoms with Gasteiger partial charge in [0, 0.05) is 22.4 Å². The number of aromatic nitrogens is 2. The summed E-state index contributed by atoms with van der Waals surface area (Å²) in [7, 11) is 2.01. The van der Waals surface area contributed by atoms with Crippen molar-refractivity contribution in [1.29, 1.82) is 0 Å². The molecule has 0 spiro atoms. The van der Waals surface area contributed by atoms with Gasteiger partial charge in [-0.05, 0) is 36.4 Å². The highest BCUT2D eigenvalue weighted by molar-refractivity contribution is 7.14. The van der Waals surface area contributed by atoms with Crippen molar-refractivity contribution in [2.75, 3.05) is 0 Å². The van der Waals surface area contributed by atoms with Crippen LogP contribution in [0.3, 0.4) is 0 Å². The fourth-order valence-corrected chi connectivity index (χ4v) is 4.13. The number of hydrogen-bond donors (Lipinski definition) is 0. The topological polar surface area (TPSA) is 33.5 Å². The van der Waals surface area contributed by atoms with Gasteiger partial charge < -0.3 is 4.57 Å². The van der Waals surface area contributed by atoms with Gasteiger partial charge in [-0.15, -0.1) is 0 Å². The summed E-state index contributed by atoms with van der Waals surface area (Å²) in [5.74, 6) is 0. The molecule has 4 nitrogen and oxygen atoms in total. The van der Waals surface area contributed by atoms with Gasteiger partial charge in [0.1, 0.15) is 11.9 Å². The maximum atomic E-state index is 4.72. The molecule has 130 valence electrons. The zero-order valence-corrected chi connectivity index (χ0v) is 16.0. The van der Waals surface area contributed by atoms with Crippen molar-refractivity contribution in [1.82, 2.24) is 4.57 Å².